The van der Waals surface area contributed by atoms with Gasteiger partial charge in [-0.05, 0) is 40.9 Å². The topological polar surface area (TPSA) is 81.4 Å². The number of furan rings is 1. The standard InChI is InChI=1S/C13H13BrN2O4S/c1-19-11(17)4-2-3-8-7-21-13(15-8)16-12(18)9-5-6-10(14)20-9/h5-7H,2-4H2,1H3,(H,15,16,18). The zero-order valence-electron chi connectivity index (χ0n) is 11.2. The minimum Gasteiger partial charge on any atom is -0.469 e. The minimum absolute atomic E-state index is 0.212. The Balaban J connectivity index is 1.85. The molecule has 0 spiro atoms. The van der Waals surface area contributed by atoms with Crippen LogP contribution in [0.15, 0.2) is 26.6 Å². The smallest absolute Gasteiger partial charge is 0.305 e. The van der Waals surface area contributed by atoms with Crippen molar-refractivity contribution in [1.82, 2.24) is 4.98 Å². The zero-order chi connectivity index (χ0) is 15.2. The van der Waals surface area contributed by atoms with Crippen molar-refractivity contribution < 1.29 is 18.7 Å². The van der Waals surface area contributed by atoms with E-state index < -0.39 is 0 Å². The van der Waals surface area contributed by atoms with E-state index in [1.807, 2.05) is 5.38 Å². The average Bonchev–Trinajstić information content (AvgIpc) is 3.08. The lowest BCUT2D eigenvalue weighted by Gasteiger charge is -1.98. The molecule has 2 heterocycles. The van der Waals surface area contributed by atoms with Crippen molar-refractivity contribution in [2.75, 3.05) is 12.4 Å². The lowest BCUT2D eigenvalue weighted by molar-refractivity contribution is -0.140. The molecule has 2 aromatic rings. The van der Waals surface area contributed by atoms with Gasteiger partial charge in [-0.25, -0.2) is 4.98 Å². The van der Waals surface area contributed by atoms with Crippen molar-refractivity contribution in [2.45, 2.75) is 19.3 Å². The zero-order valence-corrected chi connectivity index (χ0v) is 13.6. The highest BCUT2D eigenvalue weighted by Crippen LogP contribution is 2.19. The molecule has 0 fully saturated rings. The van der Waals surface area contributed by atoms with Gasteiger partial charge in [0.2, 0.25) is 0 Å². The Morgan fingerprint density at radius 1 is 1.48 bits per heavy atom. The van der Waals surface area contributed by atoms with E-state index in [-0.39, 0.29) is 17.6 Å². The Bertz CT molecular complexity index is 638. The first kappa shape index (κ1) is 15.7. The SMILES string of the molecule is COC(=O)CCCc1csc(NC(=O)c2ccc(Br)o2)n1. The summed E-state index contributed by atoms with van der Waals surface area (Å²) in [5, 5.41) is 5.02. The molecule has 2 aromatic heterocycles. The average molecular weight is 373 g/mol. The highest BCUT2D eigenvalue weighted by atomic mass is 79.9. The van der Waals surface area contributed by atoms with E-state index in [0.717, 1.165) is 5.69 Å². The molecule has 2 rings (SSSR count). The van der Waals surface area contributed by atoms with Gasteiger partial charge in [-0.2, -0.15) is 0 Å². The largest absolute Gasteiger partial charge is 0.469 e. The second-order valence-corrected chi connectivity index (χ2v) is 5.77. The molecule has 0 aliphatic rings. The van der Waals surface area contributed by atoms with Crippen LogP contribution in [0.3, 0.4) is 0 Å². The molecule has 1 amide bonds. The van der Waals surface area contributed by atoms with Crippen LogP contribution in [0.25, 0.3) is 0 Å². The third kappa shape index (κ3) is 4.68. The maximum Gasteiger partial charge on any atom is 0.305 e. The van der Waals surface area contributed by atoms with Gasteiger partial charge in [-0.1, -0.05) is 0 Å². The number of nitrogens with one attached hydrogen (secondary N) is 1. The molecule has 0 aliphatic carbocycles. The third-order valence-corrected chi connectivity index (χ3v) is 3.84. The molecule has 0 saturated carbocycles. The summed E-state index contributed by atoms with van der Waals surface area (Å²) in [7, 11) is 1.37. The van der Waals surface area contributed by atoms with E-state index in [1.54, 1.807) is 12.1 Å². The van der Waals surface area contributed by atoms with Gasteiger partial charge in [-0.3, -0.25) is 14.9 Å². The van der Waals surface area contributed by atoms with Crippen LogP contribution in [0.4, 0.5) is 5.13 Å². The van der Waals surface area contributed by atoms with Crippen LogP contribution in [0.5, 0.6) is 0 Å². The number of ether oxygens (including phenoxy) is 1. The fourth-order valence-electron chi connectivity index (χ4n) is 1.59. The fraction of sp³-hybridized carbons (Fsp3) is 0.308. The second-order valence-electron chi connectivity index (χ2n) is 4.13. The maximum absolute atomic E-state index is 11.9. The first-order chi connectivity index (χ1) is 10.1. The Morgan fingerprint density at radius 3 is 2.95 bits per heavy atom. The number of anilines is 1. The molecule has 8 heteroatoms. The van der Waals surface area contributed by atoms with Crippen LogP contribution < -0.4 is 5.32 Å². The van der Waals surface area contributed by atoms with Gasteiger partial charge in [0, 0.05) is 11.8 Å². The number of halogens is 1. The Labute approximate surface area is 133 Å². The number of aromatic nitrogens is 1. The quantitative estimate of drug-likeness (QED) is 0.787. The van der Waals surface area contributed by atoms with Crippen molar-refractivity contribution in [1.29, 1.82) is 0 Å². The number of hydrogen-bond donors (Lipinski definition) is 1. The molecule has 0 bridgehead atoms. The molecular weight excluding hydrogens is 360 g/mol. The Hall–Kier alpha value is -1.67. The number of nitrogens with zero attached hydrogens (tertiary/aromatic N) is 1. The van der Waals surface area contributed by atoms with Crippen LogP contribution in [0.1, 0.15) is 29.1 Å². The highest BCUT2D eigenvalue weighted by Gasteiger charge is 2.13. The monoisotopic (exact) mass is 372 g/mol. The van der Waals surface area contributed by atoms with Gasteiger partial charge in [0.1, 0.15) is 0 Å². The second kappa shape index (κ2) is 7.37. The number of thiazole rings is 1. The Kier molecular flexibility index (Phi) is 5.51. The number of amides is 1. The summed E-state index contributed by atoms with van der Waals surface area (Å²) in [6.45, 7) is 0. The van der Waals surface area contributed by atoms with Gasteiger partial charge < -0.3 is 9.15 Å². The van der Waals surface area contributed by atoms with Crippen LogP contribution in [-0.4, -0.2) is 24.0 Å². The molecule has 6 nitrogen and oxygen atoms in total. The number of methoxy groups -OCH3 is 1. The van der Waals surface area contributed by atoms with E-state index >= 15 is 0 Å². The normalized spacial score (nSPS) is 10.4. The highest BCUT2D eigenvalue weighted by molar-refractivity contribution is 9.10. The van der Waals surface area contributed by atoms with Gasteiger partial charge in [-0.15, -0.1) is 11.3 Å². The lowest BCUT2D eigenvalue weighted by Crippen LogP contribution is -2.10. The van der Waals surface area contributed by atoms with E-state index in [9.17, 15) is 9.59 Å². The molecule has 1 N–H and O–H groups in total. The summed E-state index contributed by atoms with van der Waals surface area (Å²) in [6.07, 6.45) is 1.68. The van der Waals surface area contributed by atoms with Crippen LogP contribution in [-0.2, 0) is 16.0 Å². The molecule has 21 heavy (non-hydrogen) atoms. The van der Waals surface area contributed by atoms with Crippen LogP contribution >= 0.6 is 27.3 Å². The van der Waals surface area contributed by atoms with Gasteiger partial charge in [0.25, 0.3) is 5.91 Å². The van der Waals surface area contributed by atoms with Gasteiger partial charge >= 0.3 is 5.97 Å². The number of rotatable bonds is 6. The molecule has 0 aliphatic heterocycles. The molecule has 112 valence electrons. The van der Waals surface area contributed by atoms with E-state index in [1.165, 1.54) is 18.4 Å². The van der Waals surface area contributed by atoms with Crippen molar-refractivity contribution >= 4 is 44.3 Å². The maximum atomic E-state index is 11.9. The van der Waals surface area contributed by atoms with E-state index in [0.29, 0.717) is 29.1 Å². The molecule has 0 aromatic carbocycles. The van der Waals surface area contributed by atoms with Crippen molar-refractivity contribution in [3.63, 3.8) is 0 Å². The van der Waals surface area contributed by atoms with Crippen molar-refractivity contribution in [2.24, 2.45) is 0 Å². The predicted octanol–water partition coefficient (Wildman–Crippen LogP) is 3.25. The van der Waals surface area contributed by atoms with Gasteiger partial charge in [0.05, 0.1) is 12.8 Å². The van der Waals surface area contributed by atoms with E-state index in [2.05, 4.69) is 31.0 Å². The fourth-order valence-corrected chi connectivity index (χ4v) is 2.64. The molecular formula is C13H13BrN2O4S. The number of carbonyl (C=O) groups excluding carboxylic acids is 2. The number of esters is 1. The summed E-state index contributed by atoms with van der Waals surface area (Å²) < 4.78 is 10.2. The molecule has 0 radical (unpaired) electrons. The minimum atomic E-state index is -0.351. The van der Waals surface area contributed by atoms with Crippen LogP contribution in [0.2, 0.25) is 0 Å². The summed E-state index contributed by atoms with van der Waals surface area (Å²) in [5.41, 5.74) is 0.833. The first-order valence-corrected chi connectivity index (χ1v) is 7.83. The molecule has 0 saturated heterocycles. The Morgan fingerprint density at radius 2 is 2.29 bits per heavy atom. The lowest BCUT2D eigenvalue weighted by atomic mass is 10.2. The number of aryl methyl sites for hydroxylation is 1. The summed E-state index contributed by atoms with van der Waals surface area (Å²) in [6, 6.07) is 3.22. The van der Waals surface area contributed by atoms with Gasteiger partial charge in [0.15, 0.2) is 15.6 Å². The number of hydrogen-bond acceptors (Lipinski definition) is 6. The summed E-state index contributed by atoms with van der Waals surface area (Å²) >= 11 is 4.47. The van der Waals surface area contributed by atoms with Crippen molar-refractivity contribution in [3.05, 3.63) is 33.6 Å². The van der Waals surface area contributed by atoms with E-state index in [4.69, 9.17) is 4.42 Å². The summed E-state index contributed by atoms with van der Waals surface area (Å²) in [4.78, 5) is 27.1. The molecule has 0 unspecified atom stereocenters. The molecule has 0 atom stereocenters. The predicted molar refractivity (Wildman–Crippen MR) is 81.4 cm³/mol. The number of carbonyl (C=O) groups is 2. The first-order valence-electron chi connectivity index (χ1n) is 6.16. The summed E-state index contributed by atoms with van der Waals surface area (Å²) in [5.74, 6) is -0.373. The third-order valence-electron chi connectivity index (χ3n) is 2.61. The van der Waals surface area contributed by atoms with Crippen LogP contribution in [0, 0.1) is 0 Å². The van der Waals surface area contributed by atoms with Crippen molar-refractivity contribution in [3.8, 4) is 0 Å².